The van der Waals surface area contributed by atoms with Gasteiger partial charge in [-0.25, -0.2) is 0 Å². The van der Waals surface area contributed by atoms with E-state index in [1.807, 2.05) is 101 Å². The number of anilines is 2. The molecule has 0 atom stereocenters. The summed E-state index contributed by atoms with van der Waals surface area (Å²) in [5, 5.41) is 0. The van der Waals surface area contributed by atoms with Crippen molar-refractivity contribution in [3.05, 3.63) is 157 Å². The lowest BCUT2D eigenvalue weighted by atomic mass is 10.0. The Hall–Kier alpha value is -4.30. The molecule has 0 aliphatic rings. The minimum absolute atomic E-state index is 0.963. The highest BCUT2D eigenvalue weighted by Crippen LogP contribution is 2.32. The van der Waals surface area contributed by atoms with Crippen molar-refractivity contribution in [2.24, 2.45) is 0 Å². The third-order valence-electron chi connectivity index (χ3n) is 6.01. The molecule has 0 radical (unpaired) electrons. The predicted molar refractivity (Wildman–Crippen MR) is 216 cm³/mol. The van der Waals surface area contributed by atoms with Crippen LogP contribution in [0.3, 0.4) is 0 Å². The van der Waals surface area contributed by atoms with Gasteiger partial charge in [-0.1, -0.05) is 135 Å². The Bertz CT molecular complexity index is 1250. The van der Waals surface area contributed by atoms with Gasteiger partial charge < -0.3 is 9.80 Å². The molecule has 0 fully saturated rings. The van der Waals surface area contributed by atoms with Crippen LogP contribution in [0, 0.1) is 0 Å². The highest BCUT2D eigenvalue weighted by atomic mass is 15.2. The zero-order chi connectivity index (χ0) is 35.9. The minimum Gasteiger partial charge on any atom is -0.311 e. The molecule has 0 aliphatic heterocycles. The molecule has 2 heteroatoms. The molecule has 0 aliphatic carbocycles. The first-order valence-corrected chi connectivity index (χ1v) is 17.2. The molecule has 0 heterocycles. The van der Waals surface area contributed by atoms with Gasteiger partial charge >= 0.3 is 0 Å². The molecule has 0 N–H and O–H groups in total. The number of benzene rings is 2. The van der Waals surface area contributed by atoms with Gasteiger partial charge in [-0.2, -0.15) is 0 Å². The van der Waals surface area contributed by atoms with Crippen molar-refractivity contribution in [2.45, 2.75) is 96.9 Å². The molecule has 0 saturated carbocycles. The maximum absolute atomic E-state index is 4.02. The van der Waals surface area contributed by atoms with E-state index in [0.717, 1.165) is 39.7 Å². The van der Waals surface area contributed by atoms with Crippen LogP contribution in [-0.4, -0.2) is 0 Å². The van der Waals surface area contributed by atoms with E-state index in [1.54, 1.807) is 6.08 Å². The molecule has 0 bridgehead atoms. The van der Waals surface area contributed by atoms with Gasteiger partial charge in [-0.15, -0.1) is 0 Å². The van der Waals surface area contributed by atoms with Crippen LogP contribution in [0.1, 0.15) is 96.9 Å². The smallest absolute Gasteiger partial charge is 0.0461 e. The molecule has 2 aromatic rings. The summed E-state index contributed by atoms with van der Waals surface area (Å²) in [6, 6.07) is 17.4. The van der Waals surface area contributed by atoms with Crippen LogP contribution in [-0.2, 0) is 0 Å². The fourth-order valence-electron chi connectivity index (χ4n) is 4.27. The first kappa shape index (κ1) is 46.1. The zero-order valence-electron chi connectivity index (χ0n) is 31.9. The molecule has 0 aromatic heterocycles. The predicted octanol–water partition coefficient (Wildman–Crippen LogP) is 14.8. The topological polar surface area (TPSA) is 6.48 Å². The Kier molecular flexibility index (Phi) is 30.8. The Labute approximate surface area is 286 Å². The molecular weight excluding hydrogens is 556 g/mol. The van der Waals surface area contributed by atoms with Crippen LogP contribution in [0.4, 0.5) is 11.4 Å². The number of rotatable bonds is 12. The van der Waals surface area contributed by atoms with Gasteiger partial charge in [0.15, 0.2) is 0 Å². The molecule has 0 amide bonds. The normalized spacial score (nSPS) is 11.7. The van der Waals surface area contributed by atoms with Crippen LogP contribution >= 0.6 is 0 Å². The highest BCUT2D eigenvalue weighted by Gasteiger charge is 2.15. The van der Waals surface area contributed by atoms with Gasteiger partial charge in [-0.05, 0) is 107 Å². The van der Waals surface area contributed by atoms with Gasteiger partial charge in [0.25, 0.3) is 0 Å². The van der Waals surface area contributed by atoms with E-state index in [2.05, 4.69) is 134 Å². The standard InChI is InChI=1S/C36H42N2.4C2H6/c1-9-17-31(13-5)37(32(14-6)18-10-2)35-25-21-29(22-26-35)30-23-27-36(28-24-30)38(33(15-7)19-11-3)34(16-8)20-12-4;4*1-2/h9-28H,1,5H2,2-4,6-8H3;4*1-2H3/b18-10-,19-11-,20-12-,31-17+,32-14+,33-15+,34-16+;;;;. The summed E-state index contributed by atoms with van der Waals surface area (Å²) in [5.41, 5.74) is 8.78. The van der Waals surface area contributed by atoms with E-state index in [4.69, 9.17) is 0 Å². The first-order chi connectivity index (χ1) is 22.5. The molecule has 2 aromatic carbocycles. The minimum atomic E-state index is 0.963. The Morgan fingerprint density at radius 3 is 0.957 bits per heavy atom. The van der Waals surface area contributed by atoms with E-state index in [-0.39, 0.29) is 0 Å². The number of nitrogens with zero attached hydrogens (tertiary/aromatic N) is 2. The third kappa shape index (κ3) is 14.7. The summed E-state index contributed by atoms with van der Waals surface area (Å²) in [6.07, 6.45) is 24.5. The van der Waals surface area contributed by atoms with Crippen molar-refractivity contribution < 1.29 is 0 Å². The SMILES string of the molecule is C=C/C=C(\C=C)N(C(/C=C\C)=C/C)c1ccc(-c2ccc(N(C(/C=C\C)=C/C)C(/C=C\C)=C/C)cc2)cc1.CC.CC.CC.CC. The van der Waals surface area contributed by atoms with E-state index in [1.165, 1.54) is 5.56 Å². The summed E-state index contributed by atoms with van der Waals surface area (Å²) < 4.78 is 0. The quantitative estimate of drug-likeness (QED) is 0.217. The summed E-state index contributed by atoms with van der Waals surface area (Å²) in [7, 11) is 0. The summed E-state index contributed by atoms with van der Waals surface area (Å²) in [4.78, 5) is 4.45. The molecule has 46 heavy (non-hydrogen) atoms. The van der Waals surface area contributed by atoms with Gasteiger partial charge in [0.2, 0.25) is 0 Å². The van der Waals surface area contributed by atoms with Gasteiger partial charge in [0, 0.05) is 34.2 Å². The second-order valence-electron chi connectivity index (χ2n) is 8.44. The van der Waals surface area contributed by atoms with Crippen LogP contribution in [0.15, 0.2) is 157 Å². The van der Waals surface area contributed by atoms with Crippen molar-refractivity contribution in [1.82, 2.24) is 0 Å². The van der Waals surface area contributed by atoms with Gasteiger partial charge in [0.1, 0.15) is 0 Å². The van der Waals surface area contributed by atoms with E-state index >= 15 is 0 Å². The summed E-state index contributed by atoms with van der Waals surface area (Å²) in [6.45, 7) is 36.2. The van der Waals surface area contributed by atoms with Crippen LogP contribution in [0.25, 0.3) is 11.1 Å². The van der Waals surface area contributed by atoms with Crippen molar-refractivity contribution in [1.29, 1.82) is 0 Å². The fraction of sp³-hybridized carbons (Fsp3) is 0.318. The Morgan fingerprint density at radius 1 is 0.457 bits per heavy atom. The van der Waals surface area contributed by atoms with Crippen molar-refractivity contribution in [3.63, 3.8) is 0 Å². The van der Waals surface area contributed by atoms with E-state index in [9.17, 15) is 0 Å². The lowest BCUT2D eigenvalue weighted by molar-refractivity contribution is 1.13. The number of hydrogen-bond donors (Lipinski definition) is 0. The largest absolute Gasteiger partial charge is 0.311 e. The lowest BCUT2D eigenvalue weighted by Gasteiger charge is -2.28. The van der Waals surface area contributed by atoms with Crippen molar-refractivity contribution >= 4 is 11.4 Å². The fourth-order valence-corrected chi connectivity index (χ4v) is 4.27. The lowest BCUT2D eigenvalue weighted by Crippen LogP contribution is -2.20. The Morgan fingerprint density at radius 2 is 0.739 bits per heavy atom. The Balaban J connectivity index is -0.00000214. The monoisotopic (exact) mass is 623 g/mol. The zero-order valence-corrected chi connectivity index (χ0v) is 31.9. The average molecular weight is 623 g/mol. The molecule has 2 nitrogen and oxygen atoms in total. The highest BCUT2D eigenvalue weighted by molar-refractivity contribution is 5.73. The first-order valence-electron chi connectivity index (χ1n) is 17.2. The molecule has 0 saturated heterocycles. The van der Waals surface area contributed by atoms with Gasteiger partial charge in [-0.3, -0.25) is 0 Å². The van der Waals surface area contributed by atoms with Gasteiger partial charge in [0.05, 0.1) is 0 Å². The second kappa shape index (κ2) is 30.7. The van der Waals surface area contributed by atoms with Crippen LogP contribution < -0.4 is 9.80 Å². The number of hydrogen-bond acceptors (Lipinski definition) is 2. The third-order valence-corrected chi connectivity index (χ3v) is 6.01. The molecule has 252 valence electrons. The molecule has 0 spiro atoms. The molecule has 0 unspecified atom stereocenters. The maximum atomic E-state index is 4.02. The van der Waals surface area contributed by atoms with E-state index < -0.39 is 0 Å². The van der Waals surface area contributed by atoms with Crippen molar-refractivity contribution in [2.75, 3.05) is 9.80 Å². The number of allylic oxidation sites excluding steroid dienone is 12. The van der Waals surface area contributed by atoms with Crippen molar-refractivity contribution in [3.8, 4) is 11.1 Å². The van der Waals surface area contributed by atoms with Crippen LogP contribution in [0.5, 0.6) is 0 Å². The van der Waals surface area contributed by atoms with E-state index in [0.29, 0.717) is 0 Å². The summed E-state index contributed by atoms with van der Waals surface area (Å²) >= 11 is 0. The summed E-state index contributed by atoms with van der Waals surface area (Å²) in [5.74, 6) is 0. The van der Waals surface area contributed by atoms with Crippen LogP contribution in [0.2, 0.25) is 0 Å². The second-order valence-corrected chi connectivity index (χ2v) is 8.44. The maximum Gasteiger partial charge on any atom is 0.0461 e. The molecular formula is C44H66N2. The molecule has 2 rings (SSSR count). The average Bonchev–Trinajstić information content (AvgIpc) is 3.14.